The van der Waals surface area contributed by atoms with E-state index in [0.29, 0.717) is 22.3 Å². The number of amides is 2. The van der Waals surface area contributed by atoms with Gasteiger partial charge in [-0.1, -0.05) is 59.8 Å². The van der Waals surface area contributed by atoms with E-state index in [0.717, 1.165) is 22.9 Å². The molecule has 10 heteroatoms. The number of nitrogens with zero attached hydrogens (tertiary/aromatic N) is 3. The van der Waals surface area contributed by atoms with Gasteiger partial charge in [-0.2, -0.15) is 10.1 Å². The predicted molar refractivity (Wildman–Crippen MR) is 137 cm³/mol. The molecule has 0 saturated carbocycles. The van der Waals surface area contributed by atoms with Crippen LogP contribution in [0.25, 0.3) is 0 Å². The fourth-order valence-electron chi connectivity index (χ4n) is 3.98. The first-order chi connectivity index (χ1) is 17.4. The molecule has 0 fully saturated rings. The molecule has 0 radical (unpaired) electrons. The monoisotopic (exact) mass is 524 g/mol. The van der Waals surface area contributed by atoms with E-state index in [1.54, 1.807) is 35.3 Å². The van der Waals surface area contributed by atoms with Crippen LogP contribution in [-0.2, 0) is 9.59 Å². The quantitative estimate of drug-likeness (QED) is 0.458. The van der Waals surface area contributed by atoms with Gasteiger partial charge in [0.25, 0.3) is 5.91 Å². The number of hydrogen-bond acceptors (Lipinski definition) is 5. The zero-order valence-corrected chi connectivity index (χ0v) is 20.3. The van der Waals surface area contributed by atoms with Crippen molar-refractivity contribution in [1.29, 1.82) is 0 Å². The van der Waals surface area contributed by atoms with Crippen molar-refractivity contribution in [1.82, 2.24) is 5.01 Å². The lowest BCUT2D eigenvalue weighted by atomic mass is 9.99. The number of hydrogen-bond donors (Lipinski definition) is 1. The van der Waals surface area contributed by atoms with Gasteiger partial charge in [0.2, 0.25) is 5.91 Å². The summed E-state index contributed by atoms with van der Waals surface area (Å²) in [6.45, 7) is 0. The van der Waals surface area contributed by atoms with Crippen molar-refractivity contribution in [3.05, 3.63) is 101 Å². The minimum Gasteiger partial charge on any atom is -0.324 e. The van der Waals surface area contributed by atoms with Gasteiger partial charge in [0, 0.05) is 17.9 Å². The van der Waals surface area contributed by atoms with Crippen molar-refractivity contribution in [2.75, 3.05) is 5.32 Å². The number of carbonyl (C=O) groups is 2. The summed E-state index contributed by atoms with van der Waals surface area (Å²) in [7, 11) is 0. The van der Waals surface area contributed by atoms with Crippen LogP contribution in [0.15, 0.2) is 82.9 Å². The maximum Gasteiger partial charge on any atom is 0.262 e. The molecule has 6 nitrogen and oxygen atoms in total. The lowest BCUT2D eigenvalue weighted by Gasteiger charge is -2.23. The van der Waals surface area contributed by atoms with Gasteiger partial charge in [0.15, 0.2) is 5.17 Å². The van der Waals surface area contributed by atoms with Crippen molar-refractivity contribution in [2.24, 2.45) is 10.1 Å². The van der Waals surface area contributed by atoms with Gasteiger partial charge in [-0.15, -0.1) is 0 Å². The van der Waals surface area contributed by atoms with Crippen LogP contribution in [0.1, 0.15) is 30.0 Å². The summed E-state index contributed by atoms with van der Waals surface area (Å²) in [6.07, 6.45) is 0.332. The van der Waals surface area contributed by atoms with Crippen LogP contribution in [0.5, 0.6) is 0 Å². The molecular formula is C26H19ClF2N4O2S. The maximum atomic E-state index is 13.9. The van der Waals surface area contributed by atoms with Crippen molar-refractivity contribution in [3.63, 3.8) is 0 Å². The molecule has 0 saturated heterocycles. The number of para-hydroxylation sites is 1. The first-order valence-electron chi connectivity index (χ1n) is 11.1. The Hall–Kier alpha value is -3.56. The van der Waals surface area contributed by atoms with Gasteiger partial charge in [0.1, 0.15) is 16.9 Å². The Balaban J connectivity index is 1.36. The van der Waals surface area contributed by atoms with Gasteiger partial charge in [-0.05, 0) is 47.5 Å². The first-order valence-corrected chi connectivity index (χ1v) is 12.3. The molecule has 36 heavy (non-hydrogen) atoms. The third-order valence-electron chi connectivity index (χ3n) is 5.79. The van der Waals surface area contributed by atoms with Crippen LogP contribution in [0, 0.1) is 11.6 Å². The summed E-state index contributed by atoms with van der Waals surface area (Å²) >= 11 is 7.20. The average molecular weight is 525 g/mol. The zero-order valence-electron chi connectivity index (χ0n) is 18.7. The fraction of sp³-hybridized carbons (Fsp3) is 0.154. The molecule has 0 aromatic heterocycles. The fourth-order valence-corrected chi connectivity index (χ4v) is 5.17. The number of nitrogens with one attached hydrogen (secondary N) is 1. The van der Waals surface area contributed by atoms with Crippen LogP contribution < -0.4 is 5.32 Å². The summed E-state index contributed by atoms with van der Waals surface area (Å²) in [5.41, 5.74) is 2.44. The van der Waals surface area contributed by atoms with Crippen LogP contribution in [0.4, 0.5) is 14.5 Å². The lowest BCUT2D eigenvalue weighted by molar-refractivity contribution is -0.121. The molecule has 0 unspecified atom stereocenters. The van der Waals surface area contributed by atoms with Crippen molar-refractivity contribution in [2.45, 2.75) is 24.1 Å². The van der Waals surface area contributed by atoms with Crippen LogP contribution in [-0.4, -0.2) is 33.0 Å². The lowest BCUT2D eigenvalue weighted by Crippen LogP contribution is -2.25. The molecule has 5 rings (SSSR count). The number of anilines is 1. The second kappa shape index (κ2) is 10.2. The molecule has 0 bridgehead atoms. The van der Waals surface area contributed by atoms with E-state index >= 15 is 0 Å². The number of thioether (sulfide) groups is 1. The molecule has 0 spiro atoms. The normalized spacial score (nSPS) is 19.3. The largest absolute Gasteiger partial charge is 0.324 e. The molecule has 2 amide bonds. The van der Waals surface area contributed by atoms with E-state index in [1.807, 2.05) is 12.1 Å². The van der Waals surface area contributed by atoms with Gasteiger partial charge >= 0.3 is 0 Å². The second-order valence-corrected chi connectivity index (χ2v) is 9.85. The Morgan fingerprint density at radius 1 is 1.06 bits per heavy atom. The van der Waals surface area contributed by atoms with E-state index in [-0.39, 0.29) is 24.0 Å². The van der Waals surface area contributed by atoms with Crippen LogP contribution in [0.2, 0.25) is 5.02 Å². The highest BCUT2D eigenvalue weighted by Crippen LogP contribution is 2.39. The molecule has 2 atom stereocenters. The van der Waals surface area contributed by atoms with E-state index in [2.05, 4.69) is 10.3 Å². The standard InChI is InChI=1S/C26H19ClF2N4O2S/c27-17-9-5-16(6-10-17)22-13-21(15-7-11-18(28)12-8-15)32-33(22)26-31-25(35)23(36-26)14-24(34)30-20-4-2-1-3-19(20)29/h1-12,22-23H,13-14H2,(H,30,34)/t22-,23+/m1/s1. The Kier molecular flexibility index (Phi) is 6.84. The summed E-state index contributed by atoms with van der Waals surface area (Å²) in [5, 5.41) is 9.07. The van der Waals surface area contributed by atoms with E-state index < -0.39 is 22.9 Å². The second-order valence-electron chi connectivity index (χ2n) is 8.24. The van der Waals surface area contributed by atoms with Crippen LogP contribution in [0.3, 0.4) is 0 Å². The third-order valence-corrected chi connectivity index (χ3v) is 7.18. The maximum absolute atomic E-state index is 13.9. The molecule has 3 aromatic rings. The summed E-state index contributed by atoms with van der Waals surface area (Å²) in [5.74, 6) is -1.85. The highest BCUT2D eigenvalue weighted by molar-refractivity contribution is 8.15. The smallest absolute Gasteiger partial charge is 0.262 e. The van der Waals surface area contributed by atoms with Crippen molar-refractivity contribution >= 4 is 51.7 Å². The third kappa shape index (κ3) is 5.17. The molecule has 2 aliphatic rings. The molecule has 2 heterocycles. The first kappa shape index (κ1) is 24.1. The van der Waals surface area contributed by atoms with Gasteiger partial charge < -0.3 is 5.32 Å². The van der Waals surface area contributed by atoms with Crippen molar-refractivity contribution < 1.29 is 18.4 Å². The Labute approximate surface area is 215 Å². The van der Waals surface area contributed by atoms with E-state index in [1.165, 1.54) is 30.3 Å². The van der Waals surface area contributed by atoms with E-state index in [4.69, 9.17) is 16.7 Å². The predicted octanol–water partition coefficient (Wildman–Crippen LogP) is 5.80. The zero-order chi connectivity index (χ0) is 25.2. The summed E-state index contributed by atoms with van der Waals surface area (Å²) in [4.78, 5) is 29.4. The molecule has 182 valence electrons. The highest BCUT2D eigenvalue weighted by atomic mass is 35.5. The summed E-state index contributed by atoms with van der Waals surface area (Å²) < 4.78 is 27.3. The topological polar surface area (TPSA) is 74.1 Å². The SMILES string of the molecule is O=C(C[C@@H]1SC(N2N=C(c3ccc(F)cc3)C[C@@H]2c2ccc(Cl)cc2)=NC1=O)Nc1ccccc1F. The number of rotatable bonds is 5. The number of benzene rings is 3. The number of hydrazone groups is 1. The molecule has 2 aliphatic heterocycles. The molecule has 3 aromatic carbocycles. The molecule has 1 N–H and O–H groups in total. The van der Waals surface area contributed by atoms with E-state index in [9.17, 15) is 18.4 Å². The van der Waals surface area contributed by atoms with Gasteiger partial charge in [-0.25, -0.2) is 13.8 Å². The Morgan fingerprint density at radius 2 is 1.78 bits per heavy atom. The molecule has 0 aliphatic carbocycles. The highest BCUT2D eigenvalue weighted by Gasteiger charge is 2.39. The average Bonchev–Trinajstić information content (AvgIpc) is 3.45. The summed E-state index contributed by atoms with van der Waals surface area (Å²) in [6, 6.07) is 18.9. The number of amidine groups is 1. The molecular weight excluding hydrogens is 506 g/mol. The van der Waals surface area contributed by atoms with Gasteiger partial charge in [0.05, 0.1) is 17.4 Å². The Bertz CT molecular complexity index is 1380. The minimum absolute atomic E-state index is 0.0509. The van der Waals surface area contributed by atoms with Crippen LogP contribution >= 0.6 is 23.4 Å². The number of halogens is 3. The number of aliphatic imine (C=N–C) groups is 1. The Morgan fingerprint density at radius 3 is 2.50 bits per heavy atom. The van der Waals surface area contributed by atoms with Gasteiger partial charge in [-0.3, -0.25) is 9.59 Å². The van der Waals surface area contributed by atoms with Crippen molar-refractivity contribution in [3.8, 4) is 0 Å². The number of carbonyl (C=O) groups excluding carboxylic acids is 2. The minimum atomic E-state index is -0.761.